The topological polar surface area (TPSA) is 93.8 Å². The third kappa shape index (κ3) is 3.73. The van der Waals surface area contributed by atoms with E-state index in [4.69, 9.17) is 0 Å². The summed E-state index contributed by atoms with van der Waals surface area (Å²) in [5.41, 5.74) is 3.68. The van der Waals surface area contributed by atoms with Crippen LogP contribution in [0.3, 0.4) is 0 Å². The molecule has 2 amide bonds. The van der Waals surface area contributed by atoms with Crippen LogP contribution in [0.2, 0.25) is 0 Å². The number of amides is 2. The highest BCUT2D eigenvalue weighted by Gasteiger charge is 2.08. The molecule has 8 nitrogen and oxygen atoms in total. The number of hydrogen-bond acceptors (Lipinski definition) is 4. The molecule has 0 aliphatic rings. The van der Waals surface area contributed by atoms with Crippen molar-refractivity contribution in [3.8, 4) is 5.82 Å². The molecule has 0 bridgehead atoms. The number of nitrogens with one attached hydrogen (secondary N) is 2. The van der Waals surface area contributed by atoms with Crippen molar-refractivity contribution in [2.45, 2.75) is 13.8 Å². The summed E-state index contributed by atoms with van der Waals surface area (Å²) in [5.74, 6) is 0.678. The van der Waals surface area contributed by atoms with Crippen LogP contribution in [0.1, 0.15) is 11.4 Å². The number of anilines is 2. The van der Waals surface area contributed by atoms with Crippen LogP contribution in [-0.4, -0.2) is 25.4 Å². The maximum absolute atomic E-state index is 12.3. The van der Waals surface area contributed by atoms with Gasteiger partial charge in [0.25, 0.3) is 5.56 Å². The lowest BCUT2D eigenvalue weighted by Gasteiger charge is -2.10. The Kier molecular flexibility index (Phi) is 4.59. The molecule has 1 aromatic carbocycles. The molecule has 0 fully saturated rings. The molecule has 3 heterocycles. The summed E-state index contributed by atoms with van der Waals surface area (Å²) in [5, 5.41) is 10.8. The number of rotatable bonds is 3. The Morgan fingerprint density at radius 2 is 1.69 bits per heavy atom. The number of hydrogen-bond donors (Lipinski definition) is 2. The summed E-state index contributed by atoms with van der Waals surface area (Å²) < 4.78 is 3.29. The number of fused-ring (bicyclic) bond motifs is 1. The van der Waals surface area contributed by atoms with E-state index in [-0.39, 0.29) is 5.56 Å². The fourth-order valence-electron chi connectivity index (χ4n) is 3.18. The largest absolute Gasteiger partial charge is 0.323 e. The number of aromatic nitrogens is 4. The van der Waals surface area contributed by atoms with Crippen molar-refractivity contribution in [1.82, 2.24) is 19.3 Å². The normalized spacial score (nSPS) is 10.9. The van der Waals surface area contributed by atoms with Crippen molar-refractivity contribution in [2.75, 3.05) is 10.6 Å². The van der Waals surface area contributed by atoms with Crippen LogP contribution in [-0.2, 0) is 7.05 Å². The first-order chi connectivity index (χ1) is 13.9. The van der Waals surface area contributed by atoms with E-state index in [1.165, 1.54) is 6.07 Å². The van der Waals surface area contributed by atoms with Gasteiger partial charge >= 0.3 is 6.03 Å². The molecule has 0 atom stereocenters. The van der Waals surface area contributed by atoms with Gasteiger partial charge in [-0.1, -0.05) is 6.07 Å². The zero-order valence-electron chi connectivity index (χ0n) is 16.3. The highest BCUT2D eigenvalue weighted by Crippen LogP contribution is 2.18. The second-order valence-electron chi connectivity index (χ2n) is 6.83. The Labute approximate surface area is 166 Å². The fraction of sp³-hybridized carbons (Fsp3) is 0.143. The average molecular weight is 388 g/mol. The van der Waals surface area contributed by atoms with Crippen LogP contribution in [0.15, 0.2) is 59.5 Å². The third-order valence-electron chi connectivity index (χ3n) is 4.62. The van der Waals surface area contributed by atoms with E-state index in [0.717, 1.165) is 22.3 Å². The van der Waals surface area contributed by atoms with Crippen molar-refractivity contribution in [2.24, 2.45) is 7.05 Å². The molecule has 8 heteroatoms. The molecule has 0 spiro atoms. The minimum absolute atomic E-state index is 0.104. The highest BCUT2D eigenvalue weighted by atomic mass is 16.2. The second kappa shape index (κ2) is 7.23. The third-order valence-corrected chi connectivity index (χ3v) is 4.62. The molecule has 0 aliphatic carbocycles. The molecule has 3 aromatic heterocycles. The van der Waals surface area contributed by atoms with E-state index in [1.54, 1.807) is 52.8 Å². The molecular weight excluding hydrogens is 368 g/mol. The van der Waals surface area contributed by atoms with Gasteiger partial charge in [-0.05, 0) is 55.6 Å². The van der Waals surface area contributed by atoms with E-state index >= 15 is 0 Å². The van der Waals surface area contributed by atoms with Gasteiger partial charge in [0.1, 0.15) is 0 Å². The summed E-state index contributed by atoms with van der Waals surface area (Å²) in [6.45, 7) is 3.88. The van der Waals surface area contributed by atoms with Crippen LogP contribution in [0.4, 0.5) is 16.2 Å². The summed E-state index contributed by atoms with van der Waals surface area (Å²) in [6.07, 6.45) is 1.58. The van der Waals surface area contributed by atoms with E-state index in [1.807, 2.05) is 26.0 Å². The zero-order valence-corrected chi connectivity index (χ0v) is 16.3. The molecule has 2 N–H and O–H groups in total. The molecule has 0 unspecified atom stereocenters. The number of pyridine rings is 2. The van der Waals surface area contributed by atoms with Crippen LogP contribution in [0, 0.1) is 13.8 Å². The van der Waals surface area contributed by atoms with Crippen molar-refractivity contribution in [3.63, 3.8) is 0 Å². The van der Waals surface area contributed by atoms with E-state index in [2.05, 4.69) is 20.7 Å². The first-order valence-electron chi connectivity index (χ1n) is 9.08. The molecule has 0 radical (unpaired) electrons. The van der Waals surface area contributed by atoms with Gasteiger partial charge in [0, 0.05) is 24.5 Å². The molecule has 146 valence electrons. The lowest BCUT2D eigenvalue weighted by atomic mass is 10.2. The number of aryl methyl sites for hydroxylation is 3. The van der Waals surface area contributed by atoms with Crippen molar-refractivity contribution in [3.05, 3.63) is 76.5 Å². The van der Waals surface area contributed by atoms with Crippen LogP contribution in [0.25, 0.3) is 16.7 Å². The van der Waals surface area contributed by atoms with Gasteiger partial charge in [0.2, 0.25) is 0 Å². The van der Waals surface area contributed by atoms with Crippen LogP contribution < -0.4 is 16.2 Å². The molecule has 4 rings (SSSR count). The summed E-state index contributed by atoms with van der Waals surface area (Å²) in [6, 6.07) is 13.8. The van der Waals surface area contributed by atoms with Crippen LogP contribution in [0.5, 0.6) is 0 Å². The van der Waals surface area contributed by atoms with Gasteiger partial charge in [-0.15, -0.1) is 0 Å². The number of carbonyl (C=O) groups is 1. The molecule has 29 heavy (non-hydrogen) atoms. The average Bonchev–Trinajstić information content (AvgIpc) is 3.04. The Morgan fingerprint density at radius 1 is 0.966 bits per heavy atom. The number of benzene rings is 1. The predicted molar refractivity (Wildman–Crippen MR) is 113 cm³/mol. The number of carbonyl (C=O) groups excluding carboxylic acids is 1. The molecule has 4 aromatic rings. The first kappa shape index (κ1) is 18.4. The van der Waals surface area contributed by atoms with Gasteiger partial charge < -0.3 is 15.2 Å². The number of nitrogens with zero attached hydrogens (tertiary/aromatic N) is 4. The Hall–Kier alpha value is -3.94. The summed E-state index contributed by atoms with van der Waals surface area (Å²) in [4.78, 5) is 28.5. The van der Waals surface area contributed by atoms with Crippen molar-refractivity contribution >= 4 is 28.3 Å². The minimum Gasteiger partial charge on any atom is -0.311 e. The van der Waals surface area contributed by atoms with E-state index in [9.17, 15) is 9.59 Å². The standard InChI is InChI=1S/C21H20N6O2/c1-13-10-14(2)27(25-13)19-8-7-17(12-22-19)24-21(29)23-16-6-4-15-5-9-20(28)26(3)18(15)11-16/h4-12H,1-3H3,(H2,23,24,29). The van der Waals surface area contributed by atoms with E-state index < -0.39 is 6.03 Å². The van der Waals surface area contributed by atoms with E-state index in [0.29, 0.717) is 17.2 Å². The van der Waals surface area contributed by atoms with Gasteiger partial charge in [-0.25, -0.2) is 14.5 Å². The maximum Gasteiger partial charge on any atom is 0.323 e. The molecule has 0 saturated heterocycles. The van der Waals surface area contributed by atoms with Gasteiger partial charge in [0.05, 0.1) is 23.1 Å². The fourth-order valence-corrected chi connectivity index (χ4v) is 3.18. The zero-order chi connectivity index (χ0) is 20.5. The predicted octanol–water partition coefficient (Wildman–Crippen LogP) is 3.38. The van der Waals surface area contributed by atoms with Crippen LogP contribution >= 0.6 is 0 Å². The molecule has 0 aliphatic heterocycles. The highest BCUT2D eigenvalue weighted by molar-refractivity contribution is 6.00. The lowest BCUT2D eigenvalue weighted by Crippen LogP contribution is -2.20. The Morgan fingerprint density at radius 3 is 2.38 bits per heavy atom. The maximum atomic E-state index is 12.3. The summed E-state index contributed by atoms with van der Waals surface area (Å²) in [7, 11) is 1.70. The van der Waals surface area contributed by atoms with Gasteiger partial charge in [-0.3, -0.25) is 4.79 Å². The van der Waals surface area contributed by atoms with Crippen molar-refractivity contribution < 1.29 is 4.79 Å². The minimum atomic E-state index is -0.397. The second-order valence-corrected chi connectivity index (χ2v) is 6.83. The lowest BCUT2D eigenvalue weighted by molar-refractivity contribution is 0.262. The summed E-state index contributed by atoms with van der Waals surface area (Å²) >= 11 is 0. The van der Waals surface area contributed by atoms with Gasteiger partial charge in [0.15, 0.2) is 5.82 Å². The smallest absolute Gasteiger partial charge is 0.311 e. The molecular formula is C21H20N6O2. The first-order valence-corrected chi connectivity index (χ1v) is 9.08. The number of urea groups is 1. The van der Waals surface area contributed by atoms with Gasteiger partial charge in [-0.2, -0.15) is 5.10 Å². The monoisotopic (exact) mass is 388 g/mol. The Bertz CT molecular complexity index is 1270. The van der Waals surface area contributed by atoms with Crippen molar-refractivity contribution in [1.29, 1.82) is 0 Å². The Balaban J connectivity index is 1.48. The SMILES string of the molecule is Cc1cc(C)n(-c2ccc(NC(=O)Nc3ccc4ccc(=O)n(C)c4c3)cn2)n1. The quantitative estimate of drug-likeness (QED) is 0.563. The molecule has 0 saturated carbocycles.